The summed E-state index contributed by atoms with van der Waals surface area (Å²) in [6, 6.07) is 17.0. The first-order valence-electron chi connectivity index (χ1n) is 8.13. The van der Waals surface area contributed by atoms with Crippen LogP contribution in [0.25, 0.3) is 0 Å². The van der Waals surface area contributed by atoms with Crippen LogP contribution in [0.3, 0.4) is 0 Å². The van der Waals surface area contributed by atoms with Gasteiger partial charge in [-0.05, 0) is 36.0 Å². The minimum atomic E-state index is -3.18. The lowest BCUT2D eigenvalue weighted by Crippen LogP contribution is -2.42. The molecule has 1 heterocycles. The maximum Gasteiger partial charge on any atom is 0.174 e. The highest BCUT2D eigenvalue weighted by atomic mass is 32.2. The second-order valence-corrected chi connectivity index (χ2v) is 8.32. The van der Waals surface area contributed by atoms with Crippen molar-refractivity contribution < 1.29 is 13.2 Å². The molecule has 0 saturated carbocycles. The molecule has 1 aliphatic heterocycles. The van der Waals surface area contributed by atoms with Crippen LogP contribution in [0, 0.1) is 0 Å². The van der Waals surface area contributed by atoms with E-state index in [0.29, 0.717) is 11.7 Å². The second kappa shape index (κ2) is 7.88. The highest BCUT2D eigenvalue weighted by Crippen LogP contribution is 2.21. The Morgan fingerprint density at radius 2 is 2.00 bits per heavy atom. The van der Waals surface area contributed by atoms with E-state index in [4.69, 9.17) is 17.0 Å². The predicted molar refractivity (Wildman–Crippen MR) is 108 cm³/mol. The van der Waals surface area contributed by atoms with Gasteiger partial charge in [0.1, 0.15) is 5.75 Å². The fourth-order valence-electron chi connectivity index (χ4n) is 2.77. The van der Waals surface area contributed by atoms with Crippen LogP contribution in [0.4, 0.5) is 5.69 Å². The monoisotopic (exact) mass is 388 g/mol. The maximum atomic E-state index is 11.9. The highest BCUT2D eigenvalue weighted by molar-refractivity contribution is 7.94. The first-order chi connectivity index (χ1) is 12.5. The van der Waals surface area contributed by atoms with Crippen LogP contribution in [-0.4, -0.2) is 37.3 Å². The smallest absolute Gasteiger partial charge is 0.174 e. The van der Waals surface area contributed by atoms with E-state index in [0.717, 1.165) is 17.0 Å². The van der Waals surface area contributed by atoms with Gasteiger partial charge in [-0.25, -0.2) is 8.42 Å². The number of methoxy groups -OCH3 is 1. The third kappa shape index (κ3) is 4.62. The lowest BCUT2D eigenvalue weighted by molar-refractivity contribution is 0.380. The molecule has 0 aromatic heterocycles. The normalized spacial score (nSPS) is 17.7. The third-order valence-electron chi connectivity index (χ3n) is 4.09. The molecule has 1 atom stereocenters. The van der Waals surface area contributed by atoms with E-state index in [1.165, 1.54) is 5.41 Å². The van der Waals surface area contributed by atoms with E-state index < -0.39 is 9.84 Å². The van der Waals surface area contributed by atoms with Crippen LogP contribution in [-0.2, 0) is 16.4 Å². The molecule has 0 amide bonds. The average Bonchev–Trinajstić information content (AvgIpc) is 3.00. The SMILES string of the molecule is COc1cccc(NC(=S)N(Cc2ccccc2)[C@H]2C=CS(=O)(=O)C2)c1. The van der Waals surface area contributed by atoms with Gasteiger partial charge < -0.3 is 15.0 Å². The van der Waals surface area contributed by atoms with Gasteiger partial charge in [-0.3, -0.25) is 0 Å². The van der Waals surface area contributed by atoms with Crippen molar-refractivity contribution >= 4 is 32.9 Å². The Bertz CT molecular complexity index is 911. The van der Waals surface area contributed by atoms with Crippen LogP contribution in [0.2, 0.25) is 0 Å². The van der Waals surface area contributed by atoms with Crippen LogP contribution in [0.5, 0.6) is 5.75 Å². The van der Waals surface area contributed by atoms with E-state index in [1.807, 2.05) is 59.5 Å². The molecule has 0 radical (unpaired) electrons. The minimum absolute atomic E-state index is 0.0275. The van der Waals surface area contributed by atoms with Gasteiger partial charge in [-0.15, -0.1) is 0 Å². The molecule has 0 unspecified atom stereocenters. The first-order valence-corrected chi connectivity index (χ1v) is 10.3. The van der Waals surface area contributed by atoms with E-state index in [9.17, 15) is 8.42 Å². The Labute approximate surface area is 159 Å². The Hall–Kier alpha value is -2.38. The molecule has 26 heavy (non-hydrogen) atoms. The minimum Gasteiger partial charge on any atom is -0.497 e. The van der Waals surface area contributed by atoms with Crippen LogP contribution < -0.4 is 10.1 Å². The number of rotatable bonds is 5. The molecule has 1 aliphatic rings. The van der Waals surface area contributed by atoms with E-state index in [1.54, 1.807) is 13.2 Å². The quantitative estimate of drug-likeness (QED) is 0.794. The van der Waals surface area contributed by atoms with E-state index in [2.05, 4.69) is 5.32 Å². The summed E-state index contributed by atoms with van der Waals surface area (Å²) in [6.45, 7) is 0.515. The molecule has 2 aromatic carbocycles. The Morgan fingerprint density at radius 3 is 2.65 bits per heavy atom. The summed E-state index contributed by atoms with van der Waals surface area (Å²) in [5, 5.41) is 4.92. The molecule has 1 N–H and O–H groups in total. The number of benzene rings is 2. The van der Waals surface area contributed by atoms with Crippen LogP contribution >= 0.6 is 12.2 Å². The molecule has 0 spiro atoms. The van der Waals surface area contributed by atoms with Gasteiger partial charge in [0.15, 0.2) is 14.9 Å². The van der Waals surface area contributed by atoms with E-state index >= 15 is 0 Å². The number of ether oxygens (including phenoxy) is 1. The van der Waals surface area contributed by atoms with Gasteiger partial charge in [0.2, 0.25) is 0 Å². The molecule has 3 rings (SSSR count). The molecule has 5 nitrogen and oxygen atoms in total. The fourth-order valence-corrected chi connectivity index (χ4v) is 4.39. The van der Waals surface area contributed by atoms with Crippen LogP contribution in [0.1, 0.15) is 5.56 Å². The molecule has 7 heteroatoms. The summed E-state index contributed by atoms with van der Waals surface area (Å²) in [6.07, 6.45) is 1.69. The molecule has 0 aliphatic carbocycles. The summed E-state index contributed by atoms with van der Waals surface area (Å²) >= 11 is 5.59. The summed E-state index contributed by atoms with van der Waals surface area (Å²) in [4.78, 5) is 1.89. The zero-order chi connectivity index (χ0) is 18.6. The molecule has 0 saturated heterocycles. The summed E-state index contributed by atoms with van der Waals surface area (Å²) in [7, 11) is -1.57. The summed E-state index contributed by atoms with van der Waals surface area (Å²) in [5.41, 5.74) is 1.84. The van der Waals surface area contributed by atoms with Gasteiger partial charge in [0, 0.05) is 23.7 Å². The molecule has 136 valence electrons. The standard InChI is InChI=1S/C19H20N2O3S2/c1-24-18-9-5-8-16(12-18)20-19(25)21(13-15-6-3-2-4-7-15)17-10-11-26(22,23)14-17/h2-12,17H,13-14H2,1H3,(H,20,25)/t17-/m0/s1. The summed E-state index contributed by atoms with van der Waals surface area (Å²) in [5.74, 6) is 0.746. The van der Waals surface area contributed by atoms with Crippen molar-refractivity contribution in [2.45, 2.75) is 12.6 Å². The maximum absolute atomic E-state index is 11.9. The predicted octanol–water partition coefficient (Wildman–Crippen LogP) is 3.20. The number of thiocarbonyl (C=S) groups is 1. The van der Waals surface area contributed by atoms with Crippen molar-refractivity contribution in [1.29, 1.82) is 0 Å². The molecule has 0 fully saturated rings. The molecular weight excluding hydrogens is 368 g/mol. The van der Waals surface area contributed by atoms with Gasteiger partial charge >= 0.3 is 0 Å². The lowest BCUT2D eigenvalue weighted by Gasteiger charge is -2.30. The van der Waals surface area contributed by atoms with Gasteiger partial charge in [-0.2, -0.15) is 0 Å². The fraction of sp³-hybridized carbons (Fsp3) is 0.211. The number of hydrogen-bond acceptors (Lipinski definition) is 4. The first kappa shape index (κ1) is 18.4. The Kier molecular flexibility index (Phi) is 5.58. The van der Waals surface area contributed by atoms with Crippen molar-refractivity contribution in [2.75, 3.05) is 18.2 Å². The molecule has 0 bridgehead atoms. The van der Waals surface area contributed by atoms with Crippen LogP contribution in [0.15, 0.2) is 66.1 Å². The number of nitrogens with one attached hydrogen (secondary N) is 1. The lowest BCUT2D eigenvalue weighted by atomic mass is 10.2. The zero-order valence-electron chi connectivity index (χ0n) is 14.3. The topological polar surface area (TPSA) is 58.6 Å². The van der Waals surface area contributed by atoms with Crippen molar-refractivity contribution in [3.8, 4) is 5.75 Å². The third-order valence-corrected chi connectivity index (χ3v) is 5.80. The summed E-state index contributed by atoms with van der Waals surface area (Å²) < 4.78 is 29.0. The van der Waals surface area contributed by atoms with Gasteiger partial charge in [0.25, 0.3) is 0 Å². The Morgan fingerprint density at radius 1 is 1.23 bits per heavy atom. The number of sulfone groups is 1. The number of hydrogen-bond donors (Lipinski definition) is 1. The average molecular weight is 389 g/mol. The highest BCUT2D eigenvalue weighted by Gasteiger charge is 2.29. The zero-order valence-corrected chi connectivity index (χ0v) is 16.0. The number of nitrogens with zero attached hydrogens (tertiary/aromatic N) is 1. The number of anilines is 1. The van der Waals surface area contributed by atoms with Gasteiger partial charge in [-0.1, -0.05) is 36.4 Å². The second-order valence-electron chi connectivity index (χ2n) is 6.00. The van der Waals surface area contributed by atoms with E-state index in [-0.39, 0.29) is 11.8 Å². The Balaban J connectivity index is 1.82. The molecule has 2 aromatic rings. The van der Waals surface area contributed by atoms with Crippen molar-refractivity contribution in [2.24, 2.45) is 0 Å². The van der Waals surface area contributed by atoms with Crippen molar-refractivity contribution in [1.82, 2.24) is 4.90 Å². The van der Waals surface area contributed by atoms with Crippen molar-refractivity contribution in [3.63, 3.8) is 0 Å². The molecular formula is C19H20N2O3S2. The van der Waals surface area contributed by atoms with Crippen molar-refractivity contribution in [3.05, 3.63) is 71.6 Å². The van der Waals surface area contributed by atoms with Gasteiger partial charge in [0.05, 0.1) is 18.9 Å². The largest absolute Gasteiger partial charge is 0.497 e.